The van der Waals surface area contributed by atoms with Crippen LogP contribution in [0.2, 0.25) is 0 Å². The first kappa shape index (κ1) is 26.4. The second-order valence-corrected chi connectivity index (χ2v) is 11.9. The average molecular weight is 492 g/mol. The van der Waals surface area contributed by atoms with Crippen LogP contribution < -0.4 is 10.8 Å². The van der Waals surface area contributed by atoms with Crippen molar-refractivity contribution in [2.75, 3.05) is 5.32 Å². The number of carbonyl (C=O) groups excluding carboxylic acids is 2. The van der Waals surface area contributed by atoms with Gasteiger partial charge in [-0.05, 0) is 91.1 Å². The number of anilines is 1. The molecule has 1 atom stereocenters. The van der Waals surface area contributed by atoms with Crippen LogP contribution in [0.5, 0.6) is 0 Å². The number of esters is 1. The molecule has 1 aliphatic heterocycles. The number of nitrogens with one attached hydrogen (secondary N) is 1. The van der Waals surface area contributed by atoms with Crippen LogP contribution in [0.25, 0.3) is 0 Å². The molecule has 1 aliphatic carbocycles. The van der Waals surface area contributed by atoms with Gasteiger partial charge in [-0.1, -0.05) is 18.9 Å². The smallest absolute Gasteiger partial charge is 0.456 e. The third-order valence-corrected chi connectivity index (χ3v) is 7.06. The van der Waals surface area contributed by atoms with Gasteiger partial charge in [-0.25, -0.2) is 4.79 Å². The number of amides is 1. The van der Waals surface area contributed by atoms with Crippen LogP contribution in [0, 0.1) is 5.92 Å². The number of aromatic nitrogens is 1. The van der Waals surface area contributed by atoms with Crippen molar-refractivity contribution in [2.24, 2.45) is 5.92 Å². The lowest BCUT2D eigenvalue weighted by atomic mass is 9.80. The van der Waals surface area contributed by atoms with Crippen LogP contribution in [0.1, 0.15) is 89.7 Å². The number of carbonyl (C=O) groups is 2. The van der Waals surface area contributed by atoms with Crippen molar-refractivity contribution in [2.45, 2.75) is 90.4 Å². The first-order chi connectivity index (χ1) is 16.7. The molecule has 1 unspecified atom stereocenters. The van der Waals surface area contributed by atoms with Crippen molar-refractivity contribution in [3.8, 4) is 0 Å². The first-order valence-electron chi connectivity index (χ1n) is 12.7. The third-order valence-electron chi connectivity index (χ3n) is 7.06. The van der Waals surface area contributed by atoms with E-state index in [9.17, 15) is 9.59 Å². The molecule has 8 heteroatoms. The van der Waals surface area contributed by atoms with E-state index in [-0.39, 0.29) is 11.8 Å². The normalized spacial score (nSPS) is 19.6. The van der Waals surface area contributed by atoms with Gasteiger partial charge < -0.3 is 19.4 Å². The summed E-state index contributed by atoms with van der Waals surface area (Å²) in [6, 6.07) is 10.6. The Morgan fingerprint density at radius 2 is 1.67 bits per heavy atom. The molecule has 7 nitrogen and oxygen atoms in total. The summed E-state index contributed by atoms with van der Waals surface area (Å²) in [5.74, 6) is -0.323. The van der Waals surface area contributed by atoms with Gasteiger partial charge in [0, 0.05) is 17.3 Å². The monoisotopic (exact) mass is 492 g/mol. The number of ether oxygens (including phenoxy) is 1. The molecule has 0 bridgehead atoms. The third kappa shape index (κ3) is 6.16. The number of hydrogen-bond donors (Lipinski definition) is 1. The van der Waals surface area contributed by atoms with Crippen molar-refractivity contribution in [1.82, 2.24) is 4.98 Å². The Kier molecular flexibility index (Phi) is 7.06. The largest absolute Gasteiger partial charge is 0.496 e. The SMILES string of the molecule is CC(C)(C)OC(=O)c1ccc(NC(=O)C(CC2CC2)c2ccc(B3OC(C)(C)C(C)(C)O3)cn2)cc1. The predicted molar refractivity (Wildman–Crippen MR) is 140 cm³/mol. The molecule has 0 spiro atoms. The fraction of sp³-hybridized carbons (Fsp3) is 0.536. The van der Waals surface area contributed by atoms with Crippen molar-refractivity contribution in [3.05, 3.63) is 53.9 Å². The summed E-state index contributed by atoms with van der Waals surface area (Å²) in [6.45, 7) is 13.6. The molecule has 1 N–H and O–H groups in total. The van der Waals surface area contributed by atoms with Crippen LogP contribution >= 0.6 is 0 Å². The second-order valence-electron chi connectivity index (χ2n) is 11.9. The summed E-state index contributed by atoms with van der Waals surface area (Å²) >= 11 is 0. The predicted octanol–water partition coefficient (Wildman–Crippen LogP) is 4.86. The highest BCUT2D eigenvalue weighted by atomic mass is 16.7. The van der Waals surface area contributed by atoms with Crippen LogP contribution in [-0.2, 0) is 18.8 Å². The summed E-state index contributed by atoms with van der Waals surface area (Å²) in [4.78, 5) is 30.2. The Morgan fingerprint density at radius 1 is 1.06 bits per heavy atom. The molecule has 2 aliphatic rings. The van der Waals surface area contributed by atoms with Crippen molar-refractivity contribution < 1.29 is 23.6 Å². The van der Waals surface area contributed by atoms with Gasteiger partial charge in [0.1, 0.15) is 5.60 Å². The Hall–Kier alpha value is -2.71. The fourth-order valence-electron chi connectivity index (χ4n) is 4.05. The Morgan fingerprint density at radius 3 is 2.17 bits per heavy atom. The molecule has 0 radical (unpaired) electrons. The highest BCUT2D eigenvalue weighted by Crippen LogP contribution is 2.39. The molecular weight excluding hydrogens is 455 g/mol. The van der Waals surface area contributed by atoms with E-state index in [1.54, 1.807) is 30.5 Å². The van der Waals surface area contributed by atoms with Crippen molar-refractivity contribution in [1.29, 1.82) is 0 Å². The minimum absolute atomic E-state index is 0.109. The molecule has 4 rings (SSSR count). The number of hydrogen-bond acceptors (Lipinski definition) is 6. The summed E-state index contributed by atoms with van der Waals surface area (Å²) in [5.41, 5.74) is 1.21. The van der Waals surface area contributed by atoms with Crippen LogP contribution in [0.15, 0.2) is 42.6 Å². The van der Waals surface area contributed by atoms with Crippen LogP contribution in [0.4, 0.5) is 5.69 Å². The van der Waals surface area contributed by atoms with Crippen molar-refractivity contribution in [3.63, 3.8) is 0 Å². The first-order valence-corrected chi connectivity index (χ1v) is 12.7. The molecule has 1 saturated carbocycles. The van der Waals surface area contributed by atoms with E-state index in [1.807, 2.05) is 60.6 Å². The summed E-state index contributed by atoms with van der Waals surface area (Å²) in [5, 5.41) is 3.00. The molecule has 1 amide bonds. The summed E-state index contributed by atoms with van der Waals surface area (Å²) in [6.07, 6.45) is 4.78. The fourth-order valence-corrected chi connectivity index (χ4v) is 4.05. The molecule has 2 aromatic rings. The number of pyridine rings is 1. The highest BCUT2D eigenvalue weighted by Gasteiger charge is 2.51. The van der Waals surface area contributed by atoms with E-state index in [0.29, 0.717) is 17.2 Å². The molecular formula is C28H37BN2O5. The van der Waals surface area contributed by atoms with Crippen molar-refractivity contribution >= 4 is 30.1 Å². The standard InChI is InChI=1S/C28H37BN2O5/c1-26(2,3)34-25(33)19-10-13-21(14-11-19)31-24(32)22(16-18-8-9-18)23-15-12-20(17-30-23)29-35-27(4,5)28(6,7)36-29/h10-15,17-18,22H,8-9,16H2,1-7H3,(H,31,32). The molecule has 192 valence electrons. The quantitative estimate of drug-likeness (QED) is 0.439. The Balaban J connectivity index is 1.45. The minimum atomic E-state index is -0.565. The lowest BCUT2D eigenvalue weighted by Crippen LogP contribution is -2.41. The van der Waals surface area contributed by atoms with Gasteiger partial charge in [-0.3, -0.25) is 9.78 Å². The number of benzene rings is 1. The van der Waals surface area contributed by atoms with Gasteiger partial charge in [0.25, 0.3) is 0 Å². The lowest BCUT2D eigenvalue weighted by molar-refractivity contribution is -0.117. The zero-order chi connectivity index (χ0) is 26.3. The number of nitrogens with zero attached hydrogens (tertiary/aromatic N) is 1. The molecule has 1 saturated heterocycles. The van der Waals surface area contributed by atoms with Gasteiger partial charge >= 0.3 is 13.1 Å². The van der Waals surface area contributed by atoms with E-state index >= 15 is 0 Å². The van der Waals surface area contributed by atoms with Gasteiger partial charge in [-0.2, -0.15) is 0 Å². The lowest BCUT2D eigenvalue weighted by Gasteiger charge is -2.32. The molecule has 2 fully saturated rings. The topological polar surface area (TPSA) is 86.8 Å². The van der Waals surface area contributed by atoms with E-state index < -0.39 is 29.9 Å². The van der Waals surface area contributed by atoms with Gasteiger partial charge in [0.15, 0.2) is 0 Å². The van der Waals surface area contributed by atoms with Gasteiger partial charge in [0.05, 0.1) is 28.4 Å². The van der Waals surface area contributed by atoms with E-state index in [4.69, 9.17) is 14.0 Å². The molecule has 2 heterocycles. The zero-order valence-electron chi connectivity index (χ0n) is 22.4. The minimum Gasteiger partial charge on any atom is -0.456 e. The van der Waals surface area contributed by atoms with E-state index in [0.717, 1.165) is 30.4 Å². The van der Waals surface area contributed by atoms with E-state index in [2.05, 4.69) is 10.3 Å². The Labute approximate surface area is 214 Å². The molecule has 1 aromatic heterocycles. The van der Waals surface area contributed by atoms with Gasteiger partial charge in [-0.15, -0.1) is 0 Å². The zero-order valence-corrected chi connectivity index (χ0v) is 22.4. The van der Waals surface area contributed by atoms with Gasteiger partial charge in [0.2, 0.25) is 5.91 Å². The maximum absolute atomic E-state index is 13.3. The number of rotatable bonds is 7. The average Bonchev–Trinajstić information content (AvgIpc) is 3.56. The maximum atomic E-state index is 13.3. The van der Waals surface area contributed by atoms with Crippen LogP contribution in [0.3, 0.4) is 0 Å². The molecule has 1 aromatic carbocycles. The highest BCUT2D eigenvalue weighted by molar-refractivity contribution is 6.62. The van der Waals surface area contributed by atoms with E-state index in [1.165, 1.54) is 0 Å². The summed E-state index contributed by atoms with van der Waals surface area (Å²) < 4.78 is 17.7. The Bertz CT molecular complexity index is 1090. The molecule has 36 heavy (non-hydrogen) atoms. The summed E-state index contributed by atoms with van der Waals surface area (Å²) in [7, 11) is -0.490. The maximum Gasteiger partial charge on any atom is 0.496 e. The van der Waals surface area contributed by atoms with Crippen LogP contribution in [-0.4, -0.2) is 40.8 Å². The second kappa shape index (κ2) is 9.63.